The van der Waals surface area contributed by atoms with Crippen LogP contribution in [0.3, 0.4) is 0 Å². The number of carbonyl (C=O) groups excluding carboxylic acids is 1. The number of aliphatic carboxylic acids is 1. The number of benzene rings is 1. The summed E-state index contributed by atoms with van der Waals surface area (Å²) in [6.45, 7) is -0.141. The number of hydrogen-bond donors (Lipinski definition) is 2. The van der Waals surface area contributed by atoms with Crippen LogP contribution in [0.25, 0.3) is 0 Å². The van der Waals surface area contributed by atoms with Crippen LogP contribution in [-0.4, -0.2) is 43.0 Å². The Labute approximate surface area is 114 Å². The average molecular weight is 287 g/mol. The molecule has 7 heteroatoms. The molecule has 1 aromatic carbocycles. The highest BCUT2D eigenvalue weighted by Crippen LogP contribution is 2.20. The third-order valence-corrected chi connectivity index (χ3v) is 3.10. The van der Waals surface area contributed by atoms with Crippen LogP contribution in [0.2, 0.25) is 0 Å². The minimum Gasteiger partial charge on any atom is -0.480 e. The van der Waals surface area contributed by atoms with Crippen molar-refractivity contribution in [1.29, 1.82) is 0 Å². The number of carbonyl (C=O) groups is 2. The molecule has 0 aromatic heterocycles. The summed E-state index contributed by atoms with van der Waals surface area (Å²) in [6, 6.07) is 2.71. The number of methoxy groups -OCH3 is 1. The van der Waals surface area contributed by atoms with E-state index in [0.29, 0.717) is 4.90 Å². The van der Waals surface area contributed by atoms with Gasteiger partial charge in [-0.2, -0.15) is 0 Å². The molecule has 0 saturated carbocycles. The van der Waals surface area contributed by atoms with Gasteiger partial charge in [-0.3, -0.25) is 4.79 Å². The van der Waals surface area contributed by atoms with Crippen LogP contribution < -0.4 is 5.32 Å². The normalized spacial score (nSPS) is 11.9. The predicted octanol–water partition coefficient (Wildman–Crippen LogP) is 1.38. The summed E-state index contributed by atoms with van der Waals surface area (Å²) < 4.78 is 18.0. The zero-order chi connectivity index (χ0) is 14.4. The van der Waals surface area contributed by atoms with Gasteiger partial charge in [0.2, 0.25) is 0 Å². The van der Waals surface area contributed by atoms with Crippen molar-refractivity contribution in [3.8, 4) is 0 Å². The van der Waals surface area contributed by atoms with E-state index in [4.69, 9.17) is 9.84 Å². The fourth-order valence-corrected chi connectivity index (χ4v) is 1.89. The summed E-state index contributed by atoms with van der Waals surface area (Å²) in [5, 5.41) is 11.2. The lowest BCUT2D eigenvalue weighted by Crippen LogP contribution is -2.43. The first-order valence-electron chi connectivity index (χ1n) is 5.35. The zero-order valence-corrected chi connectivity index (χ0v) is 11.3. The van der Waals surface area contributed by atoms with Crippen molar-refractivity contribution in [3.05, 3.63) is 29.6 Å². The van der Waals surface area contributed by atoms with E-state index in [1.807, 2.05) is 0 Å². The number of ether oxygens (including phenoxy) is 1. The average Bonchev–Trinajstić information content (AvgIpc) is 2.38. The van der Waals surface area contributed by atoms with Crippen molar-refractivity contribution in [1.82, 2.24) is 5.32 Å². The number of rotatable bonds is 6. The smallest absolute Gasteiger partial charge is 0.328 e. The Bertz CT molecular complexity index is 481. The van der Waals surface area contributed by atoms with Crippen LogP contribution >= 0.6 is 11.8 Å². The van der Waals surface area contributed by atoms with Gasteiger partial charge in [0, 0.05) is 17.6 Å². The Hall–Kier alpha value is -1.60. The van der Waals surface area contributed by atoms with Gasteiger partial charge in [-0.25, -0.2) is 9.18 Å². The predicted molar refractivity (Wildman–Crippen MR) is 68.9 cm³/mol. The number of carboxylic acid groups (broad SMARTS) is 1. The molecule has 19 heavy (non-hydrogen) atoms. The van der Waals surface area contributed by atoms with E-state index in [1.165, 1.54) is 37.1 Å². The number of halogens is 1. The van der Waals surface area contributed by atoms with Gasteiger partial charge in [-0.1, -0.05) is 0 Å². The molecule has 0 bridgehead atoms. The van der Waals surface area contributed by atoms with Gasteiger partial charge in [0.1, 0.15) is 5.82 Å². The highest BCUT2D eigenvalue weighted by molar-refractivity contribution is 7.98. The standard InChI is InChI=1S/C12H14FNO4S/c1-18-6-9(12(16)17)14-11(15)7-3-4-8(13)10(5-7)19-2/h3-5,9H,6H2,1-2H3,(H,14,15)(H,16,17). The first-order chi connectivity index (χ1) is 8.99. The van der Waals surface area contributed by atoms with Gasteiger partial charge in [0.05, 0.1) is 6.61 Å². The topological polar surface area (TPSA) is 75.6 Å². The highest BCUT2D eigenvalue weighted by atomic mass is 32.2. The van der Waals surface area contributed by atoms with Crippen LogP contribution in [0.4, 0.5) is 4.39 Å². The summed E-state index contributed by atoms with van der Waals surface area (Å²) in [6.07, 6.45) is 1.69. The monoisotopic (exact) mass is 287 g/mol. The Balaban J connectivity index is 2.85. The van der Waals surface area contributed by atoms with Crippen molar-refractivity contribution in [3.63, 3.8) is 0 Å². The summed E-state index contributed by atoms with van der Waals surface area (Å²) >= 11 is 1.17. The van der Waals surface area contributed by atoms with Gasteiger partial charge in [0.25, 0.3) is 5.91 Å². The molecule has 0 aliphatic carbocycles. The Morgan fingerprint density at radius 1 is 1.53 bits per heavy atom. The molecule has 0 aliphatic rings. The second-order valence-corrected chi connectivity index (χ2v) is 4.52. The molecule has 0 radical (unpaired) electrons. The molecule has 5 nitrogen and oxygen atoms in total. The Morgan fingerprint density at radius 2 is 2.21 bits per heavy atom. The van der Waals surface area contributed by atoms with Crippen molar-refractivity contribution in [2.24, 2.45) is 0 Å². The minimum atomic E-state index is -1.19. The third-order valence-electron chi connectivity index (χ3n) is 2.35. The molecule has 0 saturated heterocycles. The molecule has 1 unspecified atom stereocenters. The van der Waals surface area contributed by atoms with Gasteiger partial charge < -0.3 is 15.2 Å². The number of hydrogen-bond acceptors (Lipinski definition) is 4. The third kappa shape index (κ3) is 4.22. The van der Waals surface area contributed by atoms with Gasteiger partial charge in [0.15, 0.2) is 6.04 Å². The van der Waals surface area contributed by atoms with Crippen molar-refractivity contribution >= 4 is 23.6 Å². The van der Waals surface area contributed by atoms with Crippen LogP contribution in [0, 0.1) is 5.82 Å². The summed E-state index contributed by atoms with van der Waals surface area (Å²) in [5.41, 5.74) is 0.202. The molecular formula is C12H14FNO4S. The molecule has 1 rings (SSSR count). The maximum absolute atomic E-state index is 13.3. The molecule has 0 aliphatic heterocycles. The molecule has 0 heterocycles. The Kier molecular flexibility index (Phi) is 5.78. The first kappa shape index (κ1) is 15.5. The molecule has 2 N–H and O–H groups in total. The van der Waals surface area contributed by atoms with Crippen LogP contribution in [-0.2, 0) is 9.53 Å². The van der Waals surface area contributed by atoms with Crippen molar-refractivity contribution < 1.29 is 23.8 Å². The quantitative estimate of drug-likeness (QED) is 0.773. The Morgan fingerprint density at radius 3 is 2.74 bits per heavy atom. The van der Waals surface area contributed by atoms with Crippen molar-refractivity contribution in [2.75, 3.05) is 20.0 Å². The zero-order valence-electron chi connectivity index (χ0n) is 10.5. The second kappa shape index (κ2) is 7.10. The molecule has 104 valence electrons. The maximum Gasteiger partial charge on any atom is 0.328 e. The summed E-state index contributed by atoms with van der Waals surface area (Å²) in [5.74, 6) is -2.20. The van der Waals surface area contributed by atoms with E-state index in [9.17, 15) is 14.0 Å². The molecule has 1 atom stereocenters. The second-order valence-electron chi connectivity index (χ2n) is 3.67. The number of amides is 1. The molecule has 0 spiro atoms. The largest absolute Gasteiger partial charge is 0.480 e. The number of carboxylic acids is 1. The number of nitrogens with one attached hydrogen (secondary N) is 1. The highest BCUT2D eigenvalue weighted by Gasteiger charge is 2.20. The molecule has 0 fully saturated rings. The van der Waals surface area contributed by atoms with Crippen LogP contribution in [0.5, 0.6) is 0 Å². The van der Waals surface area contributed by atoms with E-state index in [0.717, 1.165) is 0 Å². The lowest BCUT2D eigenvalue weighted by Gasteiger charge is -2.13. The SMILES string of the molecule is COCC(NC(=O)c1ccc(F)c(SC)c1)C(=O)O. The van der Waals surface area contributed by atoms with E-state index in [2.05, 4.69) is 5.32 Å². The van der Waals surface area contributed by atoms with E-state index >= 15 is 0 Å². The number of thioether (sulfide) groups is 1. The fraction of sp³-hybridized carbons (Fsp3) is 0.333. The van der Waals surface area contributed by atoms with E-state index in [-0.39, 0.29) is 12.2 Å². The van der Waals surface area contributed by atoms with Crippen molar-refractivity contribution in [2.45, 2.75) is 10.9 Å². The van der Waals surface area contributed by atoms with E-state index < -0.39 is 23.7 Å². The summed E-state index contributed by atoms with van der Waals surface area (Å²) in [4.78, 5) is 23.1. The lowest BCUT2D eigenvalue weighted by molar-refractivity contribution is -0.140. The van der Waals surface area contributed by atoms with Crippen LogP contribution in [0.15, 0.2) is 23.1 Å². The minimum absolute atomic E-state index is 0.141. The fourth-order valence-electron chi connectivity index (χ4n) is 1.38. The lowest BCUT2D eigenvalue weighted by atomic mass is 10.2. The molecule has 1 amide bonds. The van der Waals surface area contributed by atoms with E-state index in [1.54, 1.807) is 6.26 Å². The van der Waals surface area contributed by atoms with Gasteiger partial charge in [-0.15, -0.1) is 11.8 Å². The van der Waals surface area contributed by atoms with Gasteiger partial charge in [-0.05, 0) is 24.5 Å². The first-order valence-corrected chi connectivity index (χ1v) is 6.58. The van der Waals surface area contributed by atoms with Crippen LogP contribution in [0.1, 0.15) is 10.4 Å². The molecule has 1 aromatic rings. The maximum atomic E-state index is 13.3. The van der Waals surface area contributed by atoms with Gasteiger partial charge >= 0.3 is 5.97 Å². The molecular weight excluding hydrogens is 273 g/mol. The summed E-state index contributed by atoms with van der Waals surface area (Å²) in [7, 11) is 1.34.